The summed E-state index contributed by atoms with van der Waals surface area (Å²) in [5, 5.41) is 3.23. The van der Waals surface area contributed by atoms with Gasteiger partial charge in [-0.2, -0.15) is 0 Å². The molecule has 1 fully saturated rings. The summed E-state index contributed by atoms with van der Waals surface area (Å²) in [7, 11) is 0. The quantitative estimate of drug-likeness (QED) is 0.795. The standard InChI is InChI=1S/C13H20N4O2/c1-3-19-12(18)9-7-15-13(16-8(9)2)17-11-6-4-5-10(11)14/h7,10-11H,3-6,14H2,1-2H3,(H,15,16,17). The van der Waals surface area contributed by atoms with Crippen molar-refractivity contribution in [3.8, 4) is 0 Å². The Kier molecular flexibility index (Phi) is 4.31. The highest BCUT2D eigenvalue weighted by molar-refractivity contribution is 5.90. The number of carbonyl (C=O) groups is 1. The van der Waals surface area contributed by atoms with E-state index in [0.717, 1.165) is 19.3 Å². The first-order chi connectivity index (χ1) is 9.11. The minimum absolute atomic E-state index is 0.147. The number of hydrogen-bond acceptors (Lipinski definition) is 6. The molecule has 1 aliphatic carbocycles. The molecule has 6 heteroatoms. The molecule has 0 amide bonds. The summed E-state index contributed by atoms with van der Waals surface area (Å²) in [6.07, 6.45) is 4.68. The van der Waals surface area contributed by atoms with Crippen molar-refractivity contribution in [2.24, 2.45) is 5.73 Å². The second-order valence-corrected chi connectivity index (χ2v) is 4.76. The lowest BCUT2D eigenvalue weighted by atomic mass is 10.2. The van der Waals surface area contributed by atoms with Crippen LogP contribution >= 0.6 is 0 Å². The molecule has 1 aromatic heterocycles. The highest BCUT2D eigenvalue weighted by atomic mass is 16.5. The van der Waals surface area contributed by atoms with Crippen LogP contribution < -0.4 is 11.1 Å². The van der Waals surface area contributed by atoms with Gasteiger partial charge in [-0.3, -0.25) is 0 Å². The molecule has 3 N–H and O–H groups in total. The third-order valence-corrected chi connectivity index (χ3v) is 3.36. The highest BCUT2D eigenvalue weighted by Crippen LogP contribution is 2.20. The molecule has 1 aromatic rings. The van der Waals surface area contributed by atoms with Crippen LogP contribution in [-0.4, -0.2) is 34.6 Å². The molecule has 6 nitrogen and oxygen atoms in total. The third-order valence-electron chi connectivity index (χ3n) is 3.36. The van der Waals surface area contributed by atoms with Gasteiger partial charge in [-0.15, -0.1) is 0 Å². The van der Waals surface area contributed by atoms with E-state index < -0.39 is 0 Å². The third kappa shape index (κ3) is 3.20. The number of hydrogen-bond donors (Lipinski definition) is 2. The number of rotatable bonds is 4. The van der Waals surface area contributed by atoms with E-state index >= 15 is 0 Å². The topological polar surface area (TPSA) is 90.1 Å². The molecule has 104 valence electrons. The second kappa shape index (κ2) is 5.97. The first kappa shape index (κ1) is 13.7. The zero-order valence-electron chi connectivity index (χ0n) is 11.3. The fourth-order valence-corrected chi connectivity index (χ4v) is 2.28. The monoisotopic (exact) mass is 264 g/mol. The molecule has 1 aliphatic rings. The molecule has 2 atom stereocenters. The van der Waals surface area contributed by atoms with E-state index in [4.69, 9.17) is 10.5 Å². The van der Waals surface area contributed by atoms with Gasteiger partial charge in [0.15, 0.2) is 0 Å². The van der Waals surface area contributed by atoms with Crippen LogP contribution in [-0.2, 0) is 4.74 Å². The number of esters is 1. The molecule has 1 heterocycles. The van der Waals surface area contributed by atoms with Crippen LogP contribution in [0.25, 0.3) is 0 Å². The van der Waals surface area contributed by atoms with E-state index in [-0.39, 0.29) is 18.1 Å². The van der Waals surface area contributed by atoms with Crippen molar-refractivity contribution in [1.29, 1.82) is 0 Å². The first-order valence-electron chi connectivity index (χ1n) is 6.64. The van der Waals surface area contributed by atoms with E-state index in [1.807, 2.05) is 0 Å². The van der Waals surface area contributed by atoms with Crippen LogP contribution in [0.4, 0.5) is 5.95 Å². The zero-order chi connectivity index (χ0) is 13.8. The number of nitrogens with zero attached hydrogens (tertiary/aromatic N) is 2. The number of nitrogens with one attached hydrogen (secondary N) is 1. The van der Waals surface area contributed by atoms with Crippen LogP contribution in [0.1, 0.15) is 42.2 Å². The summed E-state index contributed by atoms with van der Waals surface area (Å²) in [5.41, 5.74) is 7.01. The Morgan fingerprint density at radius 1 is 1.58 bits per heavy atom. The predicted molar refractivity (Wildman–Crippen MR) is 72.0 cm³/mol. The average molecular weight is 264 g/mol. The Balaban J connectivity index is 2.08. The maximum absolute atomic E-state index is 11.6. The Morgan fingerprint density at radius 2 is 2.37 bits per heavy atom. The number of aryl methyl sites for hydroxylation is 1. The van der Waals surface area contributed by atoms with Crippen LogP contribution in [0.3, 0.4) is 0 Å². The Bertz CT molecular complexity index is 464. The Labute approximate surface area is 112 Å². The van der Waals surface area contributed by atoms with Crippen LogP contribution in [0, 0.1) is 6.92 Å². The van der Waals surface area contributed by atoms with Crippen molar-refractivity contribution in [1.82, 2.24) is 9.97 Å². The molecule has 0 radical (unpaired) electrons. The smallest absolute Gasteiger partial charge is 0.341 e. The van der Waals surface area contributed by atoms with E-state index in [0.29, 0.717) is 23.8 Å². The van der Waals surface area contributed by atoms with Gasteiger partial charge in [0.25, 0.3) is 0 Å². The normalized spacial score (nSPS) is 22.3. The lowest BCUT2D eigenvalue weighted by Gasteiger charge is -2.17. The van der Waals surface area contributed by atoms with Crippen LogP contribution in [0.2, 0.25) is 0 Å². The average Bonchev–Trinajstić information content (AvgIpc) is 2.75. The van der Waals surface area contributed by atoms with E-state index in [2.05, 4.69) is 15.3 Å². The summed E-state index contributed by atoms with van der Waals surface area (Å²) in [6, 6.07) is 0.362. The summed E-state index contributed by atoms with van der Waals surface area (Å²) in [6.45, 7) is 3.88. The van der Waals surface area contributed by atoms with Gasteiger partial charge in [-0.1, -0.05) is 0 Å². The number of ether oxygens (including phenoxy) is 1. The molecule has 0 saturated heterocycles. The second-order valence-electron chi connectivity index (χ2n) is 4.76. The van der Waals surface area contributed by atoms with Crippen molar-refractivity contribution < 1.29 is 9.53 Å². The molecular formula is C13H20N4O2. The molecule has 0 aromatic carbocycles. The zero-order valence-corrected chi connectivity index (χ0v) is 11.3. The molecule has 0 bridgehead atoms. The van der Waals surface area contributed by atoms with Crippen molar-refractivity contribution in [3.05, 3.63) is 17.5 Å². The largest absolute Gasteiger partial charge is 0.462 e. The van der Waals surface area contributed by atoms with Gasteiger partial charge in [-0.05, 0) is 33.1 Å². The Morgan fingerprint density at radius 3 is 2.95 bits per heavy atom. The predicted octanol–water partition coefficient (Wildman–Crippen LogP) is 1.25. The molecule has 0 aliphatic heterocycles. The van der Waals surface area contributed by atoms with Crippen molar-refractivity contribution in [2.75, 3.05) is 11.9 Å². The summed E-state index contributed by atoms with van der Waals surface area (Å²) in [4.78, 5) is 20.1. The number of aromatic nitrogens is 2. The van der Waals surface area contributed by atoms with E-state index in [1.54, 1.807) is 13.8 Å². The molecule has 1 saturated carbocycles. The molecule has 2 unspecified atom stereocenters. The van der Waals surface area contributed by atoms with Crippen molar-refractivity contribution in [2.45, 2.75) is 45.2 Å². The Hall–Kier alpha value is -1.69. The maximum atomic E-state index is 11.6. The summed E-state index contributed by atoms with van der Waals surface area (Å²) in [5.74, 6) is 0.136. The van der Waals surface area contributed by atoms with Gasteiger partial charge < -0.3 is 15.8 Å². The molecule has 2 rings (SSSR count). The summed E-state index contributed by atoms with van der Waals surface area (Å²) >= 11 is 0. The summed E-state index contributed by atoms with van der Waals surface area (Å²) < 4.78 is 4.94. The number of anilines is 1. The number of carbonyl (C=O) groups excluding carboxylic acids is 1. The highest BCUT2D eigenvalue weighted by Gasteiger charge is 2.24. The SMILES string of the molecule is CCOC(=O)c1cnc(NC2CCCC2N)nc1C. The van der Waals surface area contributed by atoms with Crippen LogP contribution in [0.5, 0.6) is 0 Å². The minimum Gasteiger partial charge on any atom is -0.462 e. The lowest BCUT2D eigenvalue weighted by molar-refractivity contribution is 0.0524. The fraction of sp³-hybridized carbons (Fsp3) is 0.615. The van der Waals surface area contributed by atoms with Gasteiger partial charge in [0.2, 0.25) is 5.95 Å². The lowest BCUT2D eigenvalue weighted by Crippen LogP contribution is -2.35. The van der Waals surface area contributed by atoms with Gasteiger partial charge >= 0.3 is 5.97 Å². The molecule has 0 spiro atoms. The number of nitrogens with two attached hydrogens (primary N) is 1. The molecule has 19 heavy (non-hydrogen) atoms. The van der Waals surface area contributed by atoms with E-state index in [1.165, 1.54) is 6.20 Å². The maximum Gasteiger partial charge on any atom is 0.341 e. The van der Waals surface area contributed by atoms with Gasteiger partial charge in [0, 0.05) is 18.3 Å². The van der Waals surface area contributed by atoms with Crippen molar-refractivity contribution in [3.63, 3.8) is 0 Å². The van der Waals surface area contributed by atoms with Gasteiger partial charge in [0.05, 0.1) is 17.9 Å². The van der Waals surface area contributed by atoms with Crippen molar-refractivity contribution >= 4 is 11.9 Å². The minimum atomic E-state index is -0.385. The molecular weight excluding hydrogens is 244 g/mol. The van der Waals surface area contributed by atoms with Crippen LogP contribution in [0.15, 0.2) is 6.20 Å². The van der Waals surface area contributed by atoms with E-state index in [9.17, 15) is 4.79 Å². The fourth-order valence-electron chi connectivity index (χ4n) is 2.28. The van der Waals surface area contributed by atoms with Gasteiger partial charge in [0.1, 0.15) is 0 Å². The van der Waals surface area contributed by atoms with Gasteiger partial charge in [-0.25, -0.2) is 14.8 Å². The first-order valence-corrected chi connectivity index (χ1v) is 6.64.